The molecule has 1 aliphatic rings. The third-order valence-electron chi connectivity index (χ3n) is 3.78. The Kier molecular flexibility index (Phi) is 4.39. The maximum Gasteiger partial charge on any atom is 0.339 e. The molecule has 1 aromatic carbocycles. The first-order valence-electron chi connectivity index (χ1n) is 7.09. The number of amides is 1. The Labute approximate surface area is 142 Å². The summed E-state index contributed by atoms with van der Waals surface area (Å²) in [4.78, 5) is 27.1. The SMILES string of the molecule is CN1CCc2c(sc(NC(=O)c3cccc(Cl)c3)c2C(=O)O)C1. The van der Waals surface area contributed by atoms with Gasteiger partial charge in [-0.15, -0.1) is 11.3 Å². The zero-order valence-electron chi connectivity index (χ0n) is 12.4. The van der Waals surface area contributed by atoms with E-state index in [4.69, 9.17) is 11.6 Å². The Morgan fingerprint density at radius 3 is 2.87 bits per heavy atom. The first-order chi connectivity index (χ1) is 11.0. The summed E-state index contributed by atoms with van der Waals surface area (Å²) in [6.45, 7) is 1.51. The number of nitrogens with one attached hydrogen (secondary N) is 1. The number of rotatable bonds is 3. The third kappa shape index (κ3) is 3.24. The second-order valence-corrected chi connectivity index (χ2v) is 7.01. The monoisotopic (exact) mass is 350 g/mol. The number of halogens is 1. The Morgan fingerprint density at radius 2 is 2.17 bits per heavy atom. The lowest BCUT2D eigenvalue weighted by Crippen LogP contribution is -2.26. The van der Waals surface area contributed by atoms with Gasteiger partial charge < -0.3 is 15.3 Å². The standard InChI is InChI=1S/C16H15ClN2O3S/c1-19-6-5-11-12(8-19)23-15(13(11)16(21)22)18-14(20)9-3-2-4-10(17)7-9/h2-4,7H,5-6,8H2,1H3,(H,18,20)(H,21,22). The van der Waals surface area contributed by atoms with E-state index in [1.165, 1.54) is 11.3 Å². The summed E-state index contributed by atoms with van der Waals surface area (Å²) >= 11 is 7.23. The topological polar surface area (TPSA) is 69.6 Å². The molecule has 0 aliphatic carbocycles. The molecule has 7 heteroatoms. The van der Waals surface area contributed by atoms with Crippen LogP contribution < -0.4 is 5.32 Å². The van der Waals surface area contributed by atoms with Crippen molar-refractivity contribution in [1.29, 1.82) is 0 Å². The molecular formula is C16H15ClN2O3S. The highest BCUT2D eigenvalue weighted by Crippen LogP contribution is 2.37. The van der Waals surface area contributed by atoms with Crippen LogP contribution in [0.3, 0.4) is 0 Å². The molecule has 1 amide bonds. The van der Waals surface area contributed by atoms with Crippen LogP contribution >= 0.6 is 22.9 Å². The number of benzene rings is 1. The molecule has 0 atom stereocenters. The minimum Gasteiger partial charge on any atom is -0.478 e. The van der Waals surface area contributed by atoms with E-state index in [0.717, 1.165) is 17.0 Å². The molecule has 23 heavy (non-hydrogen) atoms. The summed E-state index contributed by atoms with van der Waals surface area (Å²) in [6, 6.07) is 6.56. The Bertz CT molecular complexity index is 788. The number of thiophene rings is 1. The molecule has 120 valence electrons. The van der Waals surface area contributed by atoms with Crippen molar-refractivity contribution < 1.29 is 14.7 Å². The number of nitrogens with zero attached hydrogens (tertiary/aromatic N) is 1. The van der Waals surface area contributed by atoms with Crippen LogP contribution in [0.1, 0.15) is 31.2 Å². The number of likely N-dealkylation sites (N-methyl/N-ethyl adjacent to an activating group) is 1. The fourth-order valence-corrected chi connectivity index (χ4v) is 4.16. The first-order valence-corrected chi connectivity index (χ1v) is 8.28. The van der Waals surface area contributed by atoms with Gasteiger partial charge >= 0.3 is 5.97 Å². The zero-order valence-corrected chi connectivity index (χ0v) is 14.0. The van der Waals surface area contributed by atoms with Crippen molar-refractivity contribution in [3.8, 4) is 0 Å². The molecule has 0 bridgehead atoms. The summed E-state index contributed by atoms with van der Waals surface area (Å²) in [5.41, 5.74) is 1.45. The lowest BCUT2D eigenvalue weighted by molar-refractivity contribution is 0.0696. The molecule has 5 nitrogen and oxygen atoms in total. The molecule has 0 saturated heterocycles. The van der Waals surface area contributed by atoms with Gasteiger partial charge in [0.2, 0.25) is 0 Å². The van der Waals surface area contributed by atoms with Crippen LogP contribution in [0, 0.1) is 0 Å². The first kappa shape index (κ1) is 16.0. The highest BCUT2D eigenvalue weighted by molar-refractivity contribution is 7.17. The summed E-state index contributed by atoms with van der Waals surface area (Å²) < 4.78 is 0. The predicted octanol–water partition coefficient (Wildman–Crippen LogP) is 3.34. The van der Waals surface area contributed by atoms with Crippen molar-refractivity contribution in [1.82, 2.24) is 4.90 Å². The second-order valence-electron chi connectivity index (χ2n) is 5.47. The summed E-state index contributed by atoms with van der Waals surface area (Å²) in [6.07, 6.45) is 0.678. The smallest absolute Gasteiger partial charge is 0.339 e. The predicted molar refractivity (Wildman–Crippen MR) is 90.7 cm³/mol. The molecule has 3 rings (SSSR count). The van der Waals surface area contributed by atoms with Crippen LogP contribution in [0.4, 0.5) is 5.00 Å². The number of hydrogen-bond acceptors (Lipinski definition) is 4. The highest BCUT2D eigenvalue weighted by atomic mass is 35.5. The van der Waals surface area contributed by atoms with Crippen molar-refractivity contribution >= 4 is 39.8 Å². The Morgan fingerprint density at radius 1 is 1.39 bits per heavy atom. The third-order valence-corrected chi connectivity index (χ3v) is 5.14. The largest absolute Gasteiger partial charge is 0.478 e. The molecule has 2 heterocycles. The lowest BCUT2D eigenvalue weighted by Gasteiger charge is -2.22. The number of fused-ring (bicyclic) bond motifs is 1. The van der Waals surface area contributed by atoms with Gasteiger partial charge in [-0.2, -0.15) is 0 Å². The van der Waals surface area contributed by atoms with E-state index >= 15 is 0 Å². The van der Waals surface area contributed by atoms with Crippen LogP contribution in [0.2, 0.25) is 5.02 Å². The van der Waals surface area contributed by atoms with E-state index in [2.05, 4.69) is 10.2 Å². The maximum atomic E-state index is 12.4. The Balaban J connectivity index is 1.94. The fraction of sp³-hybridized carbons (Fsp3) is 0.250. The van der Waals surface area contributed by atoms with Crippen molar-refractivity contribution in [2.75, 3.05) is 18.9 Å². The molecule has 1 aliphatic heterocycles. The fourth-order valence-electron chi connectivity index (χ4n) is 2.65. The molecule has 0 spiro atoms. The van der Waals surface area contributed by atoms with Crippen molar-refractivity contribution in [3.05, 3.63) is 50.9 Å². The van der Waals surface area contributed by atoms with Crippen LogP contribution in [0.15, 0.2) is 24.3 Å². The molecule has 0 fully saturated rings. The molecule has 2 aromatic rings. The molecule has 1 aromatic heterocycles. The maximum absolute atomic E-state index is 12.4. The van der Waals surface area contributed by atoms with Gasteiger partial charge in [0.1, 0.15) is 5.00 Å². The van der Waals surface area contributed by atoms with Gasteiger partial charge in [0.25, 0.3) is 5.91 Å². The summed E-state index contributed by atoms with van der Waals surface area (Å²) in [5.74, 6) is -1.37. The van der Waals surface area contributed by atoms with E-state index in [-0.39, 0.29) is 11.5 Å². The number of aromatic carboxylic acids is 1. The zero-order chi connectivity index (χ0) is 16.6. The number of carbonyl (C=O) groups is 2. The quantitative estimate of drug-likeness (QED) is 0.890. The van der Waals surface area contributed by atoms with Gasteiger partial charge in [0, 0.05) is 28.6 Å². The van der Waals surface area contributed by atoms with Crippen molar-refractivity contribution in [2.45, 2.75) is 13.0 Å². The average molecular weight is 351 g/mol. The minimum absolute atomic E-state index is 0.216. The van der Waals surface area contributed by atoms with Gasteiger partial charge in [-0.05, 0) is 37.2 Å². The van der Waals surface area contributed by atoms with E-state index in [0.29, 0.717) is 28.6 Å². The Hall–Kier alpha value is -1.89. The average Bonchev–Trinajstić information content (AvgIpc) is 2.84. The van der Waals surface area contributed by atoms with Crippen molar-refractivity contribution in [2.24, 2.45) is 0 Å². The number of carboxylic acids is 1. The van der Waals surface area contributed by atoms with Crippen LogP contribution in [0.5, 0.6) is 0 Å². The molecule has 2 N–H and O–H groups in total. The van der Waals surface area contributed by atoms with E-state index in [9.17, 15) is 14.7 Å². The van der Waals surface area contributed by atoms with Gasteiger partial charge in [-0.3, -0.25) is 4.79 Å². The normalized spacial score (nSPS) is 14.3. The van der Waals surface area contributed by atoms with Gasteiger partial charge in [-0.1, -0.05) is 17.7 Å². The second kappa shape index (κ2) is 6.31. The lowest BCUT2D eigenvalue weighted by atomic mass is 10.0. The molecule has 0 unspecified atom stereocenters. The van der Waals surface area contributed by atoms with Gasteiger partial charge in [-0.25, -0.2) is 4.79 Å². The van der Waals surface area contributed by atoms with Crippen LogP contribution in [0.25, 0.3) is 0 Å². The minimum atomic E-state index is -1.01. The molecule has 0 radical (unpaired) electrons. The number of anilines is 1. The highest BCUT2D eigenvalue weighted by Gasteiger charge is 2.27. The number of hydrogen-bond donors (Lipinski definition) is 2. The van der Waals surface area contributed by atoms with E-state index in [1.54, 1.807) is 24.3 Å². The summed E-state index contributed by atoms with van der Waals surface area (Å²) in [7, 11) is 1.99. The van der Waals surface area contributed by atoms with Crippen LogP contribution in [-0.4, -0.2) is 35.5 Å². The molecular weight excluding hydrogens is 336 g/mol. The molecule has 0 saturated carbocycles. The van der Waals surface area contributed by atoms with E-state index < -0.39 is 5.97 Å². The van der Waals surface area contributed by atoms with Gasteiger partial charge in [0.05, 0.1) is 5.56 Å². The van der Waals surface area contributed by atoms with E-state index in [1.807, 2.05) is 7.05 Å². The summed E-state index contributed by atoms with van der Waals surface area (Å²) in [5, 5.41) is 13.1. The number of carbonyl (C=O) groups excluding carboxylic acids is 1. The van der Waals surface area contributed by atoms with Gasteiger partial charge in [0.15, 0.2) is 0 Å². The number of carboxylic acid groups (broad SMARTS) is 1. The van der Waals surface area contributed by atoms with Crippen molar-refractivity contribution in [3.63, 3.8) is 0 Å². The van der Waals surface area contributed by atoms with Crippen LogP contribution in [-0.2, 0) is 13.0 Å².